The van der Waals surface area contributed by atoms with E-state index >= 15 is 0 Å². The minimum absolute atomic E-state index is 0.0683. The Morgan fingerprint density at radius 2 is 2.29 bits per heavy atom. The molecule has 21 heavy (non-hydrogen) atoms. The molecule has 0 aliphatic carbocycles. The van der Waals surface area contributed by atoms with Crippen LogP contribution < -0.4 is 10.2 Å². The van der Waals surface area contributed by atoms with Gasteiger partial charge in [-0.1, -0.05) is 0 Å². The summed E-state index contributed by atoms with van der Waals surface area (Å²) in [5.74, 6) is 1.03. The van der Waals surface area contributed by atoms with Crippen molar-refractivity contribution in [2.24, 2.45) is 0 Å². The molecule has 0 bridgehead atoms. The first-order valence-electron chi connectivity index (χ1n) is 7.56. The molecule has 6 heteroatoms. The third-order valence-corrected chi connectivity index (χ3v) is 4.58. The normalized spacial score (nSPS) is 20.4. The van der Waals surface area contributed by atoms with Gasteiger partial charge in [-0.2, -0.15) is 0 Å². The fourth-order valence-electron chi connectivity index (χ4n) is 2.73. The molecule has 0 amide bonds. The molecule has 5 nitrogen and oxygen atoms in total. The lowest BCUT2D eigenvalue weighted by atomic mass is 10.1. The van der Waals surface area contributed by atoms with Crippen LogP contribution in [0.25, 0.3) is 4.96 Å². The minimum atomic E-state index is -0.234. The Morgan fingerprint density at radius 3 is 3.00 bits per heavy atom. The number of hydrogen-bond donors (Lipinski definition) is 2. The number of thiazole rings is 1. The van der Waals surface area contributed by atoms with Gasteiger partial charge in [0.2, 0.25) is 0 Å². The summed E-state index contributed by atoms with van der Waals surface area (Å²) in [6.45, 7) is 8.95. The number of nitrogens with one attached hydrogen (secondary N) is 1. The number of anilines is 1. The first-order valence-corrected chi connectivity index (χ1v) is 8.44. The second-order valence-corrected chi connectivity index (χ2v) is 7.66. The number of hydrogen-bond acceptors (Lipinski definition) is 5. The average molecular weight is 308 g/mol. The Morgan fingerprint density at radius 1 is 1.48 bits per heavy atom. The van der Waals surface area contributed by atoms with Gasteiger partial charge in [-0.05, 0) is 33.6 Å². The van der Waals surface area contributed by atoms with Crippen LogP contribution in [0.1, 0.15) is 39.3 Å². The number of rotatable bonds is 3. The van der Waals surface area contributed by atoms with Crippen LogP contribution in [0.15, 0.2) is 11.6 Å². The van der Waals surface area contributed by atoms with Crippen LogP contribution in [-0.2, 0) is 6.54 Å². The molecule has 1 fully saturated rings. The highest BCUT2D eigenvalue weighted by Gasteiger charge is 2.24. The Hall–Kier alpha value is -1.11. The third-order valence-electron chi connectivity index (χ3n) is 3.82. The quantitative estimate of drug-likeness (QED) is 0.913. The molecule has 3 heterocycles. The van der Waals surface area contributed by atoms with Gasteiger partial charge in [-0.3, -0.25) is 4.40 Å². The SMILES string of the molecule is CC(C)(C)NCc1c(N2CCCC(O)C2)nc2sccn12. The number of nitrogens with zero attached hydrogens (tertiary/aromatic N) is 3. The van der Waals surface area contributed by atoms with E-state index in [4.69, 9.17) is 4.98 Å². The zero-order valence-electron chi connectivity index (χ0n) is 13.0. The smallest absolute Gasteiger partial charge is 0.195 e. The molecule has 0 spiro atoms. The minimum Gasteiger partial charge on any atom is -0.391 e. The molecule has 116 valence electrons. The van der Waals surface area contributed by atoms with E-state index in [0.717, 1.165) is 36.7 Å². The van der Waals surface area contributed by atoms with Gasteiger partial charge in [0, 0.05) is 36.8 Å². The lowest BCUT2D eigenvalue weighted by molar-refractivity contribution is 0.154. The molecule has 0 aromatic carbocycles. The highest BCUT2D eigenvalue weighted by molar-refractivity contribution is 7.15. The van der Waals surface area contributed by atoms with Crippen molar-refractivity contribution in [3.05, 3.63) is 17.3 Å². The maximum Gasteiger partial charge on any atom is 0.195 e. The maximum atomic E-state index is 9.93. The predicted octanol–water partition coefficient (Wildman–Crippen LogP) is 2.25. The zero-order valence-corrected chi connectivity index (χ0v) is 13.8. The lowest BCUT2D eigenvalue weighted by Crippen LogP contribution is -2.40. The van der Waals surface area contributed by atoms with E-state index in [0.29, 0.717) is 6.54 Å². The van der Waals surface area contributed by atoms with Gasteiger partial charge in [-0.25, -0.2) is 4.98 Å². The van der Waals surface area contributed by atoms with Gasteiger partial charge < -0.3 is 15.3 Å². The van der Waals surface area contributed by atoms with Crippen LogP contribution in [0.2, 0.25) is 0 Å². The van der Waals surface area contributed by atoms with Gasteiger partial charge in [0.15, 0.2) is 10.8 Å². The second-order valence-electron chi connectivity index (χ2n) is 6.78. The summed E-state index contributed by atoms with van der Waals surface area (Å²) in [4.78, 5) is 8.04. The molecular formula is C15H24N4OS. The molecule has 2 aromatic rings. The highest BCUT2D eigenvalue weighted by atomic mass is 32.1. The van der Waals surface area contributed by atoms with Gasteiger partial charge in [0.05, 0.1) is 11.8 Å². The number of β-amino-alcohol motifs (C(OH)–C–C–N with tert-alkyl or cyclic N) is 1. The van der Waals surface area contributed by atoms with Crippen molar-refractivity contribution < 1.29 is 5.11 Å². The third kappa shape index (κ3) is 3.22. The van der Waals surface area contributed by atoms with Crippen LogP contribution in [0.4, 0.5) is 5.82 Å². The van der Waals surface area contributed by atoms with Gasteiger partial charge in [-0.15, -0.1) is 11.3 Å². The van der Waals surface area contributed by atoms with E-state index in [1.807, 2.05) is 0 Å². The van der Waals surface area contributed by atoms with Crippen LogP contribution in [0, 0.1) is 0 Å². The van der Waals surface area contributed by atoms with Crippen LogP contribution in [-0.4, -0.2) is 39.2 Å². The van der Waals surface area contributed by atoms with Crippen LogP contribution in [0.3, 0.4) is 0 Å². The van der Waals surface area contributed by atoms with Crippen molar-refractivity contribution in [1.82, 2.24) is 14.7 Å². The number of aliphatic hydroxyl groups excluding tert-OH is 1. The van der Waals surface area contributed by atoms with Crippen molar-refractivity contribution in [3.8, 4) is 0 Å². The van der Waals surface area contributed by atoms with Crippen LogP contribution >= 0.6 is 11.3 Å². The molecule has 0 saturated carbocycles. The Bertz CT molecular complexity index is 613. The Balaban J connectivity index is 1.91. The molecule has 3 rings (SSSR count). The van der Waals surface area contributed by atoms with Crippen molar-refractivity contribution >= 4 is 22.1 Å². The fourth-order valence-corrected chi connectivity index (χ4v) is 3.46. The van der Waals surface area contributed by atoms with Crippen molar-refractivity contribution in [1.29, 1.82) is 0 Å². The first-order chi connectivity index (χ1) is 9.94. The fraction of sp³-hybridized carbons (Fsp3) is 0.667. The molecular weight excluding hydrogens is 284 g/mol. The Labute approximate surface area is 129 Å². The largest absolute Gasteiger partial charge is 0.391 e. The summed E-state index contributed by atoms with van der Waals surface area (Å²) in [7, 11) is 0. The predicted molar refractivity (Wildman–Crippen MR) is 87.1 cm³/mol. The van der Waals surface area contributed by atoms with Crippen LogP contribution in [0.5, 0.6) is 0 Å². The number of imidazole rings is 1. The highest BCUT2D eigenvalue weighted by Crippen LogP contribution is 2.27. The molecule has 2 N–H and O–H groups in total. The van der Waals surface area contributed by atoms with Crippen molar-refractivity contribution in [2.45, 2.75) is 51.8 Å². The summed E-state index contributed by atoms with van der Waals surface area (Å²) < 4.78 is 2.17. The van der Waals surface area contributed by atoms with Gasteiger partial charge >= 0.3 is 0 Å². The summed E-state index contributed by atoms with van der Waals surface area (Å²) in [5.41, 5.74) is 1.26. The average Bonchev–Trinajstić information content (AvgIpc) is 2.95. The number of fused-ring (bicyclic) bond motifs is 1. The van der Waals surface area contributed by atoms with Gasteiger partial charge in [0.25, 0.3) is 0 Å². The van der Waals surface area contributed by atoms with E-state index in [9.17, 15) is 5.11 Å². The molecule has 0 radical (unpaired) electrons. The monoisotopic (exact) mass is 308 g/mol. The number of aromatic nitrogens is 2. The molecule has 1 unspecified atom stereocenters. The van der Waals surface area contributed by atoms with Crippen molar-refractivity contribution in [2.75, 3.05) is 18.0 Å². The lowest BCUT2D eigenvalue weighted by Gasteiger charge is -2.31. The maximum absolute atomic E-state index is 9.93. The summed E-state index contributed by atoms with van der Waals surface area (Å²) in [6.07, 6.45) is 3.77. The summed E-state index contributed by atoms with van der Waals surface area (Å²) in [6, 6.07) is 0. The molecule has 1 saturated heterocycles. The first kappa shape index (κ1) is 14.8. The van der Waals surface area contributed by atoms with Gasteiger partial charge in [0.1, 0.15) is 0 Å². The molecule has 1 aliphatic rings. The number of aliphatic hydroxyl groups is 1. The van der Waals surface area contributed by atoms with E-state index in [1.165, 1.54) is 5.69 Å². The molecule has 1 aliphatic heterocycles. The second kappa shape index (κ2) is 5.59. The standard InChI is InChI=1S/C15H24N4OS/c1-15(2,3)16-9-12-13(17-14-19(12)7-8-21-14)18-6-4-5-11(20)10-18/h7-8,11,16,20H,4-6,9-10H2,1-3H3. The number of piperidine rings is 1. The molecule has 2 aromatic heterocycles. The molecule has 1 atom stereocenters. The van der Waals surface area contributed by atoms with E-state index in [-0.39, 0.29) is 11.6 Å². The summed E-state index contributed by atoms with van der Waals surface area (Å²) in [5, 5.41) is 15.5. The summed E-state index contributed by atoms with van der Waals surface area (Å²) >= 11 is 1.66. The zero-order chi connectivity index (χ0) is 15.0. The Kier molecular flexibility index (Phi) is 3.94. The van der Waals surface area contributed by atoms with Crippen molar-refractivity contribution in [3.63, 3.8) is 0 Å². The van der Waals surface area contributed by atoms with E-state index in [2.05, 4.69) is 47.0 Å². The van der Waals surface area contributed by atoms with E-state index < -0.39 is 0 Å². The van der Waals surface area contributed by atoms with E-state index in [1.54, 1.807) is 11.3 Å². The topological polar surface area (TPSA) is 52.8 Å².